The van der Waals surface area contributed by atoms with E-state index in [1.165, 1.54) is 6.08 Å². The second kappa shape index (κ2) is 9.00. The molecule has 0 atom stereocenters. The lowest BCUT2D eigenvalue weighted by Crippen LogP contribution is -2.11. The van der Waals surface area contributed by atoms with Crippen LogP contribution >= 0.6 is 11.8 Å². The molecule has 0 fully saturated rings. The Bertz CT molecular complexity index is 1090. The van der Waals surface area contributed by atoms with E-state index in [0.717, 1.165) is 29.2 Å². The quantitative estimate of drug-likeness (QED) is 0.579. The highest BCUT2D eigenvalue weighted by atomic mass is 32.2. The largest absolute Gasteiger partial charge is 0.438 e. The molecule has 8 nitrogen and oxygen atoms in total. The molecular formula is C21H22N6O2S. The van der Waals surface area contributed by atoms with Gasteiger partial charge in [-0.15, -0.1) is 0 Å². The van der Waals surface area contributed by atoms with Gasteiger partial charge in [0.2, 0.25) is 17.7 Å². The molecule has 3 aromatic rings. The molecule has 30 heavy (non-hydrogen) atoms. The van der Waals surface area contributed by atoms with Crippen molar-refractivity contribution < 1.29 is 9.53 Å². The molecule has 0 radical (unpaired) electrons. The van der Waals surface area contributed by atoms with Crippen molar-refractivity contribution in [3.05, 3.63) is 59.9 Å². The number of carbonyl (C=O) groups is 1. The fraction of sp³-hybridized carbons (Fsp3) is 0.238. The highest BCUT2D eigenvalue weighted by Gasteiger charge is 2.20. The first-order valence-electron chi connectivity index (χ1n) is 9.56. The zero-order chi connectivity index (χ0) is 20.9. The molecule has 0 saturated carbocycles. The van der Waals surface area contributed by atoms with Crippen LogP contribution in [0.5, 0.6) is 11.6 Å². The number of nitrogens with one attached hydrogen (secondary N) is 2. The average molecular weight is 423 g/mol. The highest BCUT2D eigenvalue weighted by molar-refractivity contribution is 7.98. The van der Waals surface area contributed by atoms with Crippen molar-refractivity contribution in [2.24, 2.45) is 7.05 Å². The van der Waals surface area contributed by atoms with Crippen LogP contribution in [0.15, 0.2) is 48.7 Å². The fourth-order valence-corrected chi connectivity index (χ4v) is 4.00. The molecule has 1 aliphatic rings. The van der Waals surface area contributed by atoms with Gasteiger partial charge in [-0.3, -0.25) is 9.48 Å². The molecule has 0 unspecified atom stereocenters. The molecule has 9 heteroatoms. The number of ether oxygens (including phenoxy) is 1. The summed E-state index contributed by atoms with van der Waals surface area (Å²) in [5, 5.41) is 10.3. The monoisotopic (exact) mass is 422 g/mol. The first-order chi connectivity index (χ1) is 14.6. The number of fused-ring (bicyclic) bond motifs is 1. The van der Waals surface area contributed by atoms with Gasteiger partial charge < -0.3 is 15.4 Å². The van der Waals surface area contributed by atoms with Gasteiger partial charge in [-0.25, -0.2) is 4.98 Å². The number of benzene rings is 1. The molecule has 0 bridgehead atoms. The Balaban J connectivity index is 1.61. The van der Waals surface area contributed by atoms with Crippen molar-refractivity contribution in [2.75, 3.05) is 16.4 Å². The zero-order valence-electron chi connectivity index (χ0n) is 16.8. The van der Waals surface area contributed by atoms with Crippen molar-refractivity contribution in [1.29, 1.82) is 0 Å². The van der Waals surface area contributed by atoms with Crippen molar-refractivity contribution >= 4 is 35.1 Å². The van der Waals surface area contributed by atoms with Gasteiger partial charge in [-0.05, 0) is 37.3 Å². The Morgan fingerprint density at radius 2 is 2.20 bits per heavy atom. The van der Waals surface area contributed by atoms with Crippen LogP contribution in [-0.2, 0) is 24.0 Å². The molecule has 1 aromatic carbocycles. The minimum Gasteiger partial charge on any atom is -0.438 e. The van der Waals surface area contributed by atoms with E-state index < -0.39 is 0 Å². The lowest BCUT2D eigenvalue weighted by Gasteiger charge is -2.19. The fourth-order valence-electron chi connectivity index (χ4n) is 3.02. The van der Waals surface area contributed by atoms with Gasteiger partial charge in [0.15, 0.2) is 5.82 Å². The summed E-state index contributed by atoms with van der Waals surface area (Å²) in [4.78, 5) is 21.1. The number of hydrogen-bond acceptors (Lipinski definition) is 7. The Morgan fingerprint density at radius 1 is 1.30 bits per heavy atom. The summed E-state index contributed by atoms with van der Waals surface area (Å²) in [6.07, 6.45) is 5.87. The molecule has 1 amide bonds. The molecule has 2 aromatic heterocycles. The van der Waals surface area contributed by atoms with Gasteiger partial charge in [0.1, 0.15) is 5.75 Å². The van der Waals surface area contributed by atoms with Crippen LogP contribution in [-0.4, -0.2) is 31.4 Å². The van der Waals surface area contributed by atoms with Gasteiger partial charge in [-0.1, -0.05) is 12.1 Å². The van der Waals surface area contributed by atoms with Crippen LogP contribution in [0.4, 0.5) is 17.5 Å². The summed E-state index contributed by atoms with van der Waals surface area (Å²) in [6.45, 7) is 1.80. The predicted octanol–water partition coefficient (Wildman–Crippen LogP) is 4.05. The van der Waals surface area contributed by atoms with Crippen molar-refractivity contribution in [1.82, 2.24) is 19.7 Å². The highest BCUT2D eigenvalue weighted by Crippen LogP contribution is 2.34. The molecule has 1 aliphatic heterocycles. The molecule has 154 valence electrons. The van der Waals surface area contributed by atoms with E-state index in [2.05, 4.69) is 25.7 Å². The number of aryl methyl sites for hydroxylation is 2. The minimum atomic E-state index is -0.188. The lowest BCUT2D eigenvalue weighted by molar-refractivity contribution is -0.111. The molecule has 0 spiro atoms. The minimum absolute atomic E-state index is 0.188. The zero-order valence-corrected chi connectivity index (χ0v) is 17.6. The van der Waals surface area contributed by atoms with Crippen LogP contribution in [0.2, 0.25) is 0 Å². The third-order valence-corrected chi connectivity index (χ3v) is 5.36. The molecular weight excluding hydrogens is 400 g/mol. The van der Waals surface area contributed by atoms with E-state index >= 15 is 0 Å². The van der Waals surface area contributed by atoms with Crippen LogP contribution < -0.4 is 15.4 Å². The van der Waals surface area contributed by atoms with Crippen LogP contribution in [0.3, 0.4) is 0 Å². The summed E-state index contributed by atoms with van der Waals surface area (Å²) >= 11 is 1.83. The smallest absolute Gasteiger partial charge is 0.248 e. The number of rotatable bonds is 6. The second-order valence-electron chi connectivity index (χ2n) is 6.70. The Hall–Kier alpha value is -3.33. The maximum absolute atomic E-state index is 11.8. The number of aromatic nitrogens is 4. The number of amides is 1. The van der Waals surface area contributed by atoms with Crippen LogP contribution in [0.1, 0.15) is 18.2 Å². The van der Waals surface area contributed by atoms with E-state index in [-0.39, 0.29) is 5.91 Å². The molecule has 3 heterocycles. The summed E-state index contributed by atoms with van der Waals surface area (Å²) in [7, 11) is 1.85. The van der Waals surface area contributed by atoms with E-state index in [1.54, 1.807) is 23.7 Å². The van der Waals surface area contributed by atoms with Gasteiger partial charge in [0.05, 0.1) is 5.69 Å². The second-order valence-corrected chi connectivity index (χ2v) is 7.80. The Morgan fingerprint density at radius 3 is 3.00 bits per heavy atom. The van der Waals surface area contributed by atoms with E-state index in [0.29, 0.717) is 29.1 Å². The summed E-state index contributed by atoms with van der Waals surface area (Å²) in [5.74, 6) is 3.85. The number of carbonyl (C=O) groups excluding carboxylic acids is 1. The topological polar surface area (TPSA) is 94.0 Å². The van der Waals surface area contributed by atoms with Gasteiger partial charge in [0.25, 0.3) is 0 Å². The van der Waals surface area contributed by atoms with Crippen molar-refractivity contribution in [2.45, 2.75) is 19.1 Å². The first kappa shape index (κ1) is 20.0. The first-order valence-corrected chi connectivity index (χ1v) is 10.7. The van der Waals surface area contributed by atoms with Gasteiger partial charge >= 0.3 is 0 Å². The van der Waals surface area contributed by atoms with Crippen LogP contribution in [0.25, 0.3) is 0 Å². The normalized spacial score (nSPS) is 13.1. The third-order valence-electron chi connectivity index (χ3n) is 4.37. The van der Waals surface area contributed by atoms with E-state index in [9.17, 15) is 4.79 Å². The Labute approximate surface area is 178 Å². The third kappa shape index (κ3) is 4.80. The van der Waals surface area contributed by atoms with Gasteiger partial charge in [-0.2, -0.15) is 21.8 Å². The number of thioether (sulfide) groups is 1. The van der Waals surface area contributed by atoms with Crippen molar-refractivity contribution in [3.8, 4) is 11.6 Å². The summed E-state index contributed by atoms with van der Waals surface area (Å²) in [5.41, 5.74) is 2.63. The number of anilines is 3. The standard InChI is InChI=1S/C21H22N6O2S/c1-3-5-19(28)22-14-6-4-7-15(12-14)29-20-16-13-30-11-9-17(16)23-21(25-20)24-18-8-10-27(2)26-18/h3-8,10,12H,9,11,13H2,1-2H3,(H,22,28)(H,23,24,25,26)/b5-3+. The summed E-state index contributed by atoms with van der Waals surface area (Å²) in [6, 6.07) is 9.11. The maximum Gasteiger partial charge on any atom is 0.248 e. The number of allylic oxidation sites excluding steroid dienone is 1. The summed E-state index contributed by atoms with van der Waals surface area (Å²) < 4.78 is 7.85. The van der Waals surface area contributed by atoms with E-state index in [1.807, 2.05) is 49.3 Å². The van der Waals surface area contributed by atoms with E-state index in [4.69, 9.17) is 4.74 Å². The van der Waals surface area contributed by atoms with Crippen molar-refractivity contribution in [3.63, 3.8) is 0 Å². The number of nitrogens with zero attached hydrogens (tertiary/aromatic N) is 4. The SMILES string of the molecule is C/C=C/C(=O)Nc1cccc(Oc2nc(Nc3ccn(C)n3)nc3c2CSCC3)c1. The molecule has 0 saturated heterocycles. The average Bonchev–Trinajstić information content (AvgIpc) is 3.13. The molecule has 0 aliphatic carbocycles. The lowest BCUT2D eigenvalue weighted by atomic mass is 10.2. The predicted molar refractivity (Wildman–Crippen MR) is 118 cm³/mol. The van der Waals surface area contributed by atoms with Gasteiger partial charge in [0, 0.05) is 42.4 Å². The maximum atomic E-state index is 11.8. The van der Waals surface area contributed by atoms with Crippen LogP contribution in [0, 0.1) is 0 Å². The Kier molecular flexibility index (Phi) is 5.99. The molecule has 2 N–H and O–H groups in total. The number of hydrogen-bond donors (Lipinski definition) is 2. The molecule has 4 rings (SSSR count).